The second-order valence-corrected chi connectivity index (χ2v) is 5.16. The van der Waals surface area contributed by atoms with Crippen molar-refractivity contribution < 1.29 is 23.9 Å². The summed E-state index contributed by atoms with van der Waals surface area (Å²) in [5.41, 5.74) is 2.63. The molecule has 7 nitrogen and oxygen atoms in total. The molecule has 0 radical (unpaired) electrons. The van der Waals surface area contributed by atoms with E-state index in [9.17, 15) is 14.4 Å². The van der Waals surface area contributed by atoms with Crippen molar-refractivity contribution in [2.75, 3.05) is 39.2 Å². The molecular formula is C16H22N2O5. The van der Waals surface area contributed by atoms with Crippen LogP contribution in [0.5, 0.6) is 0 Å². The zero-order chi connectivity index (χ0) is 17.4. The molecule has 0 atom stereocenters. The van der Waals surface area contributed by atoms with Crippen LogP contribution in [0.15, 0.2) is 18.2 Å². The van der Waals surface area contributed by atoms with Crippen LogP contribution in [0.2, 0.25) is 0 Å². The first-order chi connectivity index (χ1) is 10.8. The van der Waals surface area contributed by atoms with Gasteiger partial charge in [0.1, 0.15) is 6.61 Å². The SMILES string of the molecule is COCC(=O)OCC(=O)N(C)CC(=O)Nc1c(C)cccc1C. The molecule has 1 aromatic carbocycles. The predicted molar refractivity (Wildman–Crippen MR) is 85.0 cm³/mol. The number of likely N-dealkylation sites (N-methyl/N-ethyl adjacent to an activating group) is 1. The van der Waals surface area contributed by atoms with Crippen molar-refractivity contribution in [1.29, 1.82) is 0 Å². The van der Waals surface area contributed by atoms with E-state index in [0.717, 1.165) is 16.8 Å². The molecule has 2 amide bonds. The number of ether oxygens (including phenoxy) is 2. The van der Waals surface area contributed by atoms with Crippen LogP contribution in [0.3, 0.4) is 0 Å². The lowest BCUT2D eigenvalue weighted by Crippen LogP contribution is -2.37. The Kier molecular flexibility index (Phi) is 7.21. The van der Waals surface area contributed by atoms with Gasteiger partial charge in [-0.05, 0) is 25.0 Å². The first kappa shape index (κ1) is 18.6. The maximum absolute atomic E-state index is 12.0. The van der Waals surface area contributed by atoms with Gasteiger partial charge in [-0.3, -0.25) is 9.59 Å². The second-order valence-electron chi connectivity index (χ2n) is 5.16. The van der Waals surface area contributed by atoms with Gasteiger partial charge in [0.05, 0.1) is 6.54 Å². The van der Waals surface area contributed by atoms with Crippen LogP contribution in [0.4, 0.5) is 5.69 Å². The number of carbonyl (C=O) groups is 3. The fourth-order valence-electron chi connectivity index (χ4n) is 1.91. The molecular weight excluding hydrogens is 300 g/mol. The van der Waals surface area contributed by atoms with E-state index < -0.39 is 18.5 Å². The van der Waals surface area contributed by atoms with Crippen LogP contribution in [0, 0.1) is 13.8 Å². The van der Waals surface area contributed by atoms with Crippen LogP contribution in [-0.4, -0.2) is 56.6 Å². The minimum atomic E-state index is -0.630. The molecule has 0 aromatic heterocycles. The molecule has 7 heteroatoms. The van der Waals surface area contributed by atoms with Gasteiger partial charge in [-0.1, -0.05) is 18.2 Å². The minimum Gasteiger partial charge on any atom is -0.454 e. The first-order valence-electron chi connectivity index (χ1n) is 7.09. The van der Waals surface area contributed by atoms with Gasteiger partial charge in [0, 0.05) is 19.8 Å². The summed E-state index contributed by atoms with van der Waals surface area (Å²) in [6.07, 6.45) is 0. The highest BCUT2D eigenvalue weighted by atomic mass is 16.6. The number of rotatable bonds is 7. The third kappa shape index (κ3) is 6.07. The molecule has 0 unspecified atom stereocenters. The maximum Gasteiger partial charge on any atom is 0.332 e. The minimum absolute atomic E-state index is 0.131. The number of amides is 2. The van der Waals surface area contributed by atoms with E-state index in [1.54, 1.807) is 0 Å². The van der Waals surface area contributed by atoms with Gasteiger partial charge in [-0.25, -0.2) is 4.79 Å². The number of benzene rings is 1. The summed E-state index contributed by atoms with van der Waals surface area (Å²) in [6.45, 7) is 3.02. The van der Waals surface area contributed by atoms with Crippen LogP contribution in [-0.2, 0) is 23.9 Å². The Hall–Kier alpha value is -2.41. The average Bonchev–Trinajstić information content (AvgIpc) is 2.49. The van der Waals surface area contributed by atoms with E-state index in [0.29, 0.717) is 0 Å². The number of anilines is 1. The summed E-state index contributed by atoms with van der Waals surface area (Å²) in [5, 5.41) is 2.79. The summed E-state index contributed by atoms with van der Waals surface area (Å²) >= 11 is 0. The number of nitrogens with one attached hydrogen (secondary N) is 1. The van der Waals surface area contributed by atoms with Crippen molar-refractivity contribution in [2.24, 2.45) is 0 Å². The number of aryl methyl sites for hydroxylation is 2. The highest BCUT2D eigenvalue weighted by molar-refractivity contribution is 5.96. The largest absolute Gasteiger partial charge is 0.454 e. The van der Waals surface area contributed by atoms with Crippen molar-refractivity contribution in [3.63, 3.8) is 0 Å². The Morgan fingerprint density at radius 3 is 2.30 bits per heavy atom. The van der Waals surface area contributed by atoms with Crippen LogP contribution < -0.4 is 5.32 Å². The Morgan fingerprint density at radius 1 is 1.13 bits per heavy atom. The van der Waals surface area contributed by atoms with E-state index in [-0.39, 0.29) is 19.1 Å². The smallest absolute Gasteiger partial charge is 0.332 e. The summed E-state index contributed by atoms with van der Waals surface area (Å²) in [6, 6.07) is 5.70. The molecule has 0 bridgehead atoms. The fourth-order valence-corrected chi connectivity index (χ4v) is 1.91. The third-order valence-corrected chi connectivity index (χ3v) is 3.17. The number of nitrogens with zero attached hydrogens (tertiary/aromatic N) is 1. The molecule has 0 aliphatic carbocycles. The number of para-hydroxylation sites is 1. The number of esters is 1. The van der Waals surface area contributed by atoms with Gasteiger partial charge in [0.15, 0.2) is 6.61 Å². The lowest BCUT2D eigenvalue weighted by molar-refractivity contribution is -0.154. The average molecular weight is 322 g/mol. The quantitative estimate of drug-likeness (QED) is 0.754. The highest BCUT2D eigenvalue weighted by Gasteiger charge is 2.16. The molecule has 0 spiro atoms. The Balaban J connectivity index is 2.50. The van der Waals surface area contributed by atoms with Gasteiger partial charge in [0.25, 0.3) is 5.91 Å². The van der Waals surface area contributed by atoms with E-state index >= 15 is 0 Å². The topological polar surface area (TPSA) is 84.9 Å². The number of hydrogen-bond acceptors (Lipinski definition) is 5. The lowest BCUT2D eigenvalue weighted by Gasteiger charge is -2.18. The van der Waals surface area contributed by atoms with Gasteiger partial charge in [-0.2, -0.15) is 0 Å². The Bertz CT molecular complexity index is 566. The zero-order valence-electron chi connectivity index (χ0n) is 13.8. The molecule has 0 fully saturated rings. The normalized spacial score (nSPS) is 10.1. The lowest BCUT2D eigenvalue weighted by atomic mass is 10.1. The molecule has 1 aromatic rings. The summed E-state index contributed by atoms with van der Waals surface area (Å²) < 4.78 is 9.30. The van der Waals surface area contributed by atoms with E-state index in [4.69, 9.17) is 4.74 Å². The second kappa shape index (κ2) is 8.89. The number of hydrogen-bond donors (Lipinski definition) is 1. The van der Waals surface area contributed by atoms with Crippen LogP contribution in [0.25, 0.3) is 0 Å². The van der Waals surface area contributed by atoms with Crippen molar-refractivity contribution in [3.05, 3.63) is 29.3 Å². The molecule has 0 aliphatic heterocycles. The van der Waals surface area contributed by atoms with E-state index in [1.165, 1.54) is 19.1 Å². The van der Waals surface area contributed by atoms with Gasteiger partial charge >= 0.3 is 5.97 Å². The summed E-state index contributed by atoms with van der Waals surface area (Å²) in [5.74, 6) is -1.41. The molecule has 23 heavy (non-hydrogen) atoms. The summed E-state index contributed by atoms with van der Waals surface area (Å²) in [4.78, 5) is 36.1. The van der Waals surface area contributed by atoms with Crippen molar-refractivity contribution in [1.82, 2.24) is 4.90 Å². The maximum atomic E-state index is 12.0. The molecule has 0 saturated carbocycles. The van der Waals surface area contributed by atoms with Gasteiger partial charge < -0.3 is 19.7 Å². The summed E-state index contributed by atoms with van der Waals surface area (Å²) in [7, 11) is 2.82. The van der Waals surface area contributed by atoms with Crippen LogP contribution >= 0.6 is 0 Å². The molecule has 0 saturated heterocycles. The standard InChI is InChI=1S/C16H22N2O5/c1-11-6-5-7-12(2)16(11)17-13(19)8-18(3)14(20)9-23-15(21)10-22-4/h5-7H,8-10H2,1-4H3,(H,17,19). The molecule has 1 N–H and O–H groups in total. The van der Waals surface area contributed by atoms with Gasteiger partial charge in [-0.15, -0.1) is 0 Å². The Morgan fingerprint density at radius 2 is 1.74 bits per heavy atom. The molecule has 0 heterocycles. The first-order valence-corrected chi connectivity index (χ1v) is 7.09. The van der Waals surface area contributed by atoms with E-state index in [1.807, 2.05) is 32.0 Å². The molecule has 1 rings (SSSR count). The third-order valence-electron chi connectivity index (χ3n) is 3.17. The van der Waals surface area contributed by atoms with Crippen molar-refractivity contribution in [2.45, 2.75) is 13.8 Å². The Labute approximate surface area is 135 Å². The van der Waals surface area contributed by atoms with Gasteiger partial charge in [0.2, 0.25) is 5.91 Å². The highest BCUT2D eigenvalue weighted by Crippen LogP contribution is 2.19. The fraction of sp³-hybridized carbons (Fsp3) is 0.438. The monoisotopic (exact) mass is 322 g/mol. The molecule has 0 aliphatic rings. The van der Waals surface area contributed by atoms with Crippen LogP contribution in [0.1, 0.15) is 11.1 Å². The number of carbonyl (C=O) groups excluding carboxylic acids is 3. The molecule has 126 valence electrons. The van der Waals surface area contributed by atoms with Crippen molar-refractivity contribution in [3.8, 4) is 0 Å². The number of methoxy groups -OCH3 is 1. The van der Waals surface area contributed by atoms with Crippen molar-refractivity contribution >= 4 is 23.5 Å². The van der Waals surface area contributed by atoms with E-state index in [2.05, 4.69) is 10.1 Å². The predicted octanol–water partition coefficient (Wildman–Crippen LogP) is 0.890. The zero-order valence-corrected chi connectivity index (χ0v) is 13.8.